The number of alkyl halides is 1. The zero-order valence-corrected chi connectivity index (χ0v) is 12.4. The van der Waals surface area contributed by atoms with E-state index in [9.17, 15) is 19.2 Å². The molecule has 0 spiro atoms. The Balaban J connectivity index is 5.27. The standard InChI is InChI=1S/C12H17ClO7/c1-6(18-7(2)15)11(19-8(3)16)12(10(13)5-14)20-9(4)17/h5-6,10-12H,1-4H3/t6-,10+,11+,12-/m1/s1. The molecule has 0 aromatic carbocycles. The number of ether oxygens (including phenoxy) is 3. The monoisotopic (exact) mass is 308 g/mol. The first-order valence-corrected chi connectivity index (χ1v) is 6.23. The average molecular weight is 309 g/mol. The smallest absolute Gasteiger partial charge is 0.303 e. The molecular weight excluding hydrogens is 292 g/mol. The Kier molecular flexibility index (Phi) is 7.83. The molecule has 4 atom stereocenters. The molecule has 114 valence electrons. The molecule has 0 radical (unpaired) electrons. The summed E-state index contributed by atoms with van der Waals surface area (Å²) < 4.78 is 14.7. The number of carbonyl (C=O) groups is 4. The first-order valence-electron chi connectivity index (χ1n) is 5.80. The van der Waals surface area contributed by atoms with Gasteiger partial charge in [0.25, 0.3) is 0 Å². The van der Waals surface area contributed by atoms with Crippen LogP contribution in [-0.4, -0.2) is 47.9 Å². The quantitative estimate of drug-likeness (QED) is 0.294. The topological polar surface area (TPSA) is 96.0 Å². The van der Waals surface area contributed by atoms with E-state index in [4.69, 9.17) is 25.8 Å². The minimum Gasteiger partial charge on any atom is -0.459 e. The third-order valence-corrected chi connectivity index (χ3v) is 2.54. The highest BCUT2D eigenvalue weighted by Crippen LogP contribution is 2.19. The normalized spacial score (nSPS) is 16.2. The number of hydrogen-bond acceptors (Lipinski definition) is 7. The molecule has 0 aliphatic carbocycles. The lowest BCUT2D eigenvalue weighted by Crippen LogP contribution is -2.48. The maximum Gasteiger partial charge on any atom is 0.303 e. The van der Waals surface area contributed by atoms with Gasteiger partial charge in [0.1, 0.15) is 17.8 Å². The van der Waals surface area contributed by atoms with Crippen molar-refractivity contribution in [2.75, 3.05) is 0 Å². The number of carbonyl (C=O) groups excluding carboxylic acids is 4. The van der Waals surface area contributed by atoms with Gasteiger partial charge in [-0.3, -0.25) is 14.4 Å². The molecule has 0 bridgehead atoms. The van der Waals surface area contributed by atoms with Crippen LogP contribution >= 0.6 is 11.6 Å². The van der Waals surface area contributed by atoms with Crippen molar-refractivity contribution >= 4 is 35.8 Å². The summed E-state index contributed by atoms with van der Waals surface area (Å²) in [5.41, 5.74) is 0. The second-order valence-corrected chi connectivity index (χ2v) is 4.55. The second-order valence-electron chi connectivity index (χ2n) is 4.04. The van der Waals surface area contributed by atoms with Crippen LogP contribution in [0.2, 0.25) is 0 Å². The van der Waals surface area contributed by atoms with Gasteiger partial charge in [-0.1, -0.05) is 0 Å². The lowest BCUT2D eigenvalue weighted by Gasteiger charge is -2.30. The number of rotatable bonds is 7. The molecule has 0 heterocycles. The molecule has 0 fully saturated rings. The number of esters is 3. The summed E-state index contributed by atoms with van der Waals surface area (Å²) in [6, 6.07) is 0. The molecule has 8 heteroatoms. The summed E-state index contributed by atoms with van der Waals surface area (Å²) in [5, 5.41) is -1.25. The predicted octanol–water partition coefficient (Wildman–Crippen LogP) is 0.608. The van der Waals surface area contributed by atoms with Crippen molar-refractivity contribution in [2.24, 2.45) is 0 Å². The Hall–Kier alpha value is -1.63. The van der Waals surface area contributed by atoms with Crippen molar-refractivity contribution in [2.45, 2.75) is 51.4 Å². The van der Waals surface area contributed by atoms with E-state index in [-0.39, 0.29) is 0 Å². The molecule has 0 saturated carbocycles. The minimum atomic E-state index is -1.26. The molecule has 0 N–H and O–H groups in total. The summed E-state index contributed by atoms with van der Waals surface area (Å²) in [7, 11) is 0. The Bertz CT molecular complexity index is 382. The molecule has 7 nitrogen and oxygen atoms in total. The van der Waals surface area contributed by atoms with E-state index in [2.05, 4.69) is 0 Å². The van der Waals surface area contributed by atoms with Crippen molar-refractivity contribution in [3.05, 3.63) is 0 Å². The van der Waals surface area contributed by atoms with Crippen molar-refractivity contribution in [1.82, 2.24) is 0 Å². The van der Waals surface area contributed by atoms with Crippen LogP contribution in [0.5, 0.6) is 0 Å². The molecule has 0 aliphatic rings. The zero-order valence-electron chi connectivity index (χ0n) is 11.6. The highest BCUT2D eigenvalue weighted by Gasteiger charge is 2.38. The summed E-state index contributed by atoms with van der Waals surface area (Å²) in [6.07, 6.45) is -3.05. The zero-order chi connectivity index (χ0) is 15.9. The molecule has 0 amide bonds. The van der Waals surface area contributed by atoms with Gasteiger partial charge in [0.05, 0.1) is 0 Å². The van der Waals surface area contributed by atoms with Gasteiger partial charge in [0, 0.05) is 20.8 Å². The van der Waals surface area contributed by atoms with Crippen molar-refractivity contribution in [1.29, 1.82) is 0 Å². The van der Waals surface area contributed by atoms with E-state index < -0.39 is 41.6 Å². The van der Waals surface area contributed by atoms with E-state index in [1.807, 2.05) is 0 Å². The molecular formula is C12H17ClO7. The largest absolute Gasteiger partial charge is 0.459 e. The van der Waals surface area contributed by atoms with E-state index in [1.54, 1.807) is 0 Å². The van der Waals surface area contributed by atoms with Crippen molar-refractivity contribution in [3.63, 3.8) is 0 Å². The van der Waals surface area contributed by atoms with E-state index in [0.29, 0.717) is 6.29 Å². The molecule has 20 heavy (non-hydrogen) atoms. The van der Waals surface area contributed by atoms with Crippen LogP contribution < -0.4 is 0 Å². The van der Waals surface area contributed by atoms with Crippen LogP contribution in [0.1, 0.15) is 27.7 Å². The fourth-order valence-corrected chi connectivity index (χ4v) is 1.73. The predicted molar refractivity (Wildman–Crippen MR) is 68.0 cm³/mol. The fraction of sp³-hybridized carbons (Fsp3) is 0.667. The van der Waals surface area contributed by atoms with Crippen LogP contribution in [0.15, 0.2) is 0 Å². The summed E-state index contributed by atoms with van der Waals surface area (Å²) >= 11 is 5.76. The maximum absolute atomic E-state index is 11.1. The average Bonchev–Trinajstić information content (AvgIpc) is 2.30. The van der Waals surface area contributed by atoms with Gasteiger partial charge in [-0.15, -0.1) is 11.6 Å². The Morgan fingerprint density at radius 1 is 0.900 bits per heavy atom. The minimum absolute atomic E-state index is 0.339. The lowest BCUT2D eigenvalue weighted by atomic mass is 10.1. The van der Waals surface area contributed by atoms with Crippen LogP contribution in [0.4, 0.5) is 0 Å². The third kappa shape index (κ3) is 6.51. The van der Waals surface area contributed by atoms with Gasteiger partial charge in [-0.2, -0.15) is 0 Å². The maximum atomic E-state index is 11.1. The Labute approximate surface area is 121 Å². The van der Waals surface area contributed by atoms with Gasteiger partial charge in [0.15, 0.2) is 12.2 Å². The number of hydrogen-bond donors (Lipinski definition) is 0. The Morgan fingerprint density at radius 2 is 1.30 bits per heavy atom. The van der Waals surface area contributed by atoms with Crippen molar-refractivity contribution in [3.8, 4) is 0 Å². The lowest BCUT2D eigenvalue weighted by molar-refractivity contribution is -0.181. The number of aldehydes is 1. The summed E-state index contributed by atoms with van der Waals surface area (Å²) in [6.45, 7) is 4.84. The first-order chi connectivity index (χ1) is 9.18. The van der Waals surface area contributed by atoms with Crippen molar-refractivity contribution < 1.29 is 33.4 Å². The highest BCUT2D eigenvalue weighted by atomic mass is 35.5. The van der Waals surface area contributed by atoms with Crippen LogP contribution in [0.25, 0.3) is 0 Å². The molecule has 0 aromatic heterocycles. The third-order valence-electron chi connectivity index (χ3n) is 2.19. The Morgan fingerprint density at radius 3 is 1.65 bits per heavy atom. The summed E-state index contributed by atoms with van der Waals surface area (Å²) in [5.74, 6) is -2.02. The molecule has 0 saturated heterocycles. The van der Waals surface area contributed by atoms with Gasteiger partial charge in [-0.05, 0) is 6.92 Å². The second kappa shape index (κ2) is 8.52. The molecule has 0 unspecified atom stereocenters. The fourth-order valence-electron chi connectivity index (χ4n) is 1.53. The molecule has 0 aliphatic heterocycles. The molecule has 0 rings (SSSR count). The van der Waals surface area contributed by atoms with Gasteiger partial charge in [0.2, 0.25) is 0 Å². The van der Waals surface area contributed by atoms with E-state index in [1.165, 1.54) is 13.8 Å². The van der Waals surface area contributed by atoms with Crippen LogP contribution in [-0.2, 0) is 33.4 Å². The van der Waals surface area contributed by atoms with Gasteiger partial charge >= 0.3 is 17.9 Å². The first kappa shape index (κ1) is 18.4. The SMILES string of the molecule is CC(=O)O[C@H]([C@H](OC(C)=O)[C@@H](Cl)C=O)[C@@H](C)OC(C)=O. The van der Waals surface area contributed by atoms with Crippen LogP contribution in [0, 0.1) is 0 Å². The molecule has 0 aromatic rings. The highest BCUT2D eigenvalue weighted by molar-refractivity contribution is 6.28. The van der Waals surface area contributed by atoms with E-state index >= 15 is 0 Å². The van der Waals surface area contributed by atoms with Gasteiger partial charge < -0.3 is 19.0 Å². The summed E-state index contributed by atoms with van der Waals surface area (Å²) in [4.78, 5) is 43.9. The van der Waals surface area contributed by atoms with Gasteiger partial charge in [-0.25, -0.2) is 0 Å². The van der Waals surface area contributed by atoms with Crippen LogP contribution in [0.3, 0.4) is 0 Å². The number of halogens is 1. The van der Waals surface area contributed by atoms with E-state index in [0.717, 1.165) is 13.8 Å².